The fourth-order valence-electron chi connectivity index (χ4n) is 0.721. The van der Waals surface area contributed by atoms with Gasteiger partial charge in [-0.1, -0.05) is 0 Å². The zero-order valence-electron chi connectivity index (χ0n) is 6.50. The van der Waals surface area contributed by atoms with Crippen molar-refractivity contribution in [1.82, 2.24) is 9.97 Å². The van der Waals surface area contributed by atoms with E-state index in [1.807, 2.05) is 0 Å². The van der Waals surface area contributed by atoms with Gasteiger partial charge in [0, 0.05) is 0 Å². The Bertz CT molecular complexity index is 400. The van der Waals surface area contributed by atoms with Crippen LogP contribution >= 0.6 is 15.9 Å². The van der Waals surface area contributed by atoms with Crippen LogP contribution in [0.5, 0.6) is 5.88 Å². The zero-order chi connectivity index (χ0) is 10.0. The second-order valence-electron chi connectivity index (χ2n) is 2.05. The maximum atomic E-state index is 10.8. The first-order valence-corrected chi connectivity index (χ1v) is 3.92. The number of aromatic nitrogens is 2. The van der Waals surface area contributed by atoms with Gasteiger partial charge in [0.25, 0.3) is 0 Å². The van der Waals surface area contributed by atoms with Crippen molar-refractivity contribution in [3.05, 3.63) is 20.7 Å². The number of nitrogens with one attached hydrogen (secondary N) is 1. The van der Waals surface area contributed by atoms with Crippen LogP contribution < -0.4 is 10.4 Å². The van der Waals surface area contributed by atoms with E-state index in [4.69, 9.17) is 5.11 Å². The topological polar surface area (TPSA) is 92.3 Å². The quantitative estimate of drug-likeness (QED) is 0.783. The monoisotopic (exact) mass is 248 g/mol. The van der Waals surface area contributed by atoms with E-state index in [1.54, 1.807) is 0 Å². The van der Waals surface area contributed by atoms with Crippen molar-refractivity contribution in [2.75, 3.05) is 7.11 Å². The van der Waals surface area contributed by atoms with Gasteiger partial charge in [0.2, 0.25) is 5.88 Å². The minimum atomic E-state index is -1.26. The van der Waals surface area contributed by atoms with Crippen molar-refractivity contribution in [3.8, 4) is 5.88 Å². The Hall–Kier alpha value is -1.37. The lowest BCUT2D eigenvalue weighted by Gasteiger charge is -2.02. The molecule has 0 aliphatic heterocycles. The predicted molar refractivity (Wildman–Crippen MR) is 46.1 cm³/mol. The van der Waals surface area contributed by atoms with E-state index < -0.39 is 11.7 Å². The summed E-state index contributed by atoms with van der Waals surface area (Å²) in [5.74, 6) is -1.31. The normalized spacial score (nSPS) is 9.69. The Labute approximate surface area is 80.7 Å². The lowest BCUT2D eigenvalue weighted by molar-refractivity contribution is 0.0688. The van der Waals surface area contributed by atoms with E-state index in [-0.39, 0.29) is 16.0 Å². The highest BCUT2D eigenvalue weighted by atomic mass is 79.9. The van der Waals surface area contributed by atoms with Gasteiger partial charge in [-0.2, -0.15) is 4.98 Å². The molecule has 6 nitrogen and oxygen atoms in total. The Morgan fingerprint density at radius 2 is 2.31 bits per heavy atom. The highest BCUT2D eigenvalue weighted by Crippen LogP contribution is 2.22. The van der Waals surface area contributed by atoms with Gasteiger partial charge in [0.15, 0.2) is 0 Å². The highest BCUT2D eigenvalue weighted by molar-refractivity contribution is 9.10. The molecule has 70 valence electrons. The summed E-state index contributed by atoms with van der Waals surface area (Å²) in [7, 11) is 1.29. The summed E-state index contributed by atoms with van der Waals surface area (Å²) in [6, 6.07) is 0. The summed E-state index contributed by atoms with van der Waals surface area (Å²) in [5, 5.41) is 8.63. The van der Waals surface area contributed by atoms with Gasteiger partial charge < -0.3 is 9.84 Å². The van der Waals surface area contributed by atoms with E-state index in [2.05, 4.69) is 30.6 Å². The molecule has 0 radical (unpaired) electrons. The maximum Gasteiger partial charge on any atom is 0.353 e. The summed E-state index contributed by atoms with van der Waals surface area (Å²) >= 11 is 2.94. The molecular formula is C6H5BrN2O4. The first-order valence-electron chi connectivity index (χ1n) is 3.13. The molecule has 1 heterocycles. The third-order valence-electron chi connectivity index (χ3n) is 1.25. The molecule has 0 spiro atoms. The van der Waals surface area contributed by atoms with E-state index >= 15 is 0 Å². The van der Waals surface area contributed by atoms with E-state index in [0.717, 1.165) is 0 Å². The molecule has 1 aromatic heterocycles. The Kier molecular flexibility index (Phi) is 2.66. The first-order chi connectivity index (χ1) is 6.06. The van der Waals surface area contributed by atoms with Crippen LogP contribution in [0, 0.1) is 0 Å². The van der Waals surface area contributed by atoms with Crippen molar-refractivity contribution in [2.24, 2.45) is 0 Å². The number of H-pyrrole nitrogens is 1. The van der Waals surface area contributed by atoms with Crippen LogP contribution in [0.1, 0.15) is 10.5 Å². The lowest BCUT2D eigenvalue weighted by Crippen LogP contribution is -2.17. The van der Waals surface area contributed by atoms with Crippen molar-refractivity contribution < 1.29 is 14.6 Å². The molecule has 0 aliphatic carbocycles. The number of carboxylic acid groups (broad SMARTS) is 1. The molecule has 0 aromatic carbocycles. The molecule has 0 bridgehead atoms. The number of halogens is 1. The van der Waals surface area contributed by atoms with Gasteiger partial charge in [-0.25, -0.2) is 9.59 Å². The maximum absolute atomic E-state index is 10.8. The van der Waals surface area contributed by atoms with Crippen molar-refractivity contribution in [3.63, 3.8) is 0 Å². The first kappa shape index (κ1) is 9.72. The Morgan fingerprint density at radius 3 is 2.77 bits per heavy atom. The second-order valence-corrected chi connectivity index (χ2v) is 2.84. The summed E-state index contributed by atoms with van der Waals surface area (Å²) in [4.78, 5) is 26.8. The van der Waals surface area contributed by atoms with Crippen LogP contribution in [-0.4, -0.2) is 28.2 Å². The number of aromatic amines is 1. The predicted octanol–water partition coefficient (Wildman–Crippen LogP) is 0.239. The molecular weight excluding hydrogens is 244 g/mol. The van der Waals surface area contributed by atoms with E-state index in [0.29, 0.717) is 0 Å². The van der Waals surface area contributed by atoms with Gasteiger partial charge in [-0.3, -0.25) is 4.98 Å². The van der Waals surface area contributed by atoms with Gasteiger partial charge in [-0.15, -0.1) is 0 Å². The molecule has 0 amide bonds. The molecule has 2 N–H and O–H groups in total. The highest BCUT2D eigenvalue weighted by Gasteiger charge is 2.15. The van der Waals surface area contributed by atoms with Crippen molar-refractivity contribution in [1.29, 1.82) is 0 Å². The number of methoxy groups -OCH3 is 1. The van der Waals surface area contributed by atoms with Gasteiger partial charge >= 0.3 is 11.7 Å². The Balaban J connectivity index is 3.44. The number of aromatic carboxylic acids is 1. The van der Waals surface area contributed by atoms with Crippen LogP contribution in [0.2, 0.25) is 0 Å². The molecule has 0 fully saturated rings. The standard InChI is InChI=1S/C6H5BrN2O4/c1-13-4-2(7)3(5(10)11)8-6(12)9-4/h1H3,(H,10,11)(H,8,9,12). The van der Waals surface area contributed by atoms with E-state index in [9.17, 15) is 9.59 Å². The summed E-state index contributed by atoms with van der Waals surface area (Å²) in [5.41, 5.74) is -1.05. The van der Waals surface area contributed by atoms with Gasteiger partial charge in [0.05, 0.1) is 7.11 Å². The third kappa shape index (κ3) is 1.86. The van der Waals surface area contributed by atoms with E-state index in [1.165, 1.54) is 7.11 Å². The number of hydrogen-bond donors (Lipinski definition) is 2. The lowest BCUT2D eigenvalue weighted by atomic mass is 10.4. The fraction of sp³-hybridized carbons (Fsp3) is 0.167. The molecule has 1 aromatic rings. The molecule has 13 heavy (non-hydrogen) atoms. The van der Waals surface area contributed by atoms with Crippen molar-refractivity contribution in [2.45, 2.75) is 0 Å². The largest absolute Gasteiger partial charge is 0.480 e. The molecule has 7 heteroatoms. The van der Waals surface area contributed by atoms with Gasteiger partial charge in [0.1, 0.15) is 10.2 Å². The molecule has 0 atom stereocenters. The fourth-order valence-corrected chi connectivity index (χ4v) is 1.24. The summed E-state index contributed by atoms with van der Waals surface area (Å²) in [6.45, 7) is 0. The molecule has 1 rings (SSSR count). The molecule has 0 saturated heterocycles. The number of carboxylic acids is 1. The number of rotatable bonds is 2. The molecule has 0 unspecified atom stereocenters. The van der Waals surface area contributed by atoms with Gasteiger partial charge in [-0.05, 0) is 15.9 Å². The average molecular weight is 249 g/mol. The summed E-state index contributed by atoms with van der Waals surface area (Å²) in [6.07, 6.45) is 0. The minimum Gasteiger partial charge on any atom is -0.480 e. The zero-order valence-corrected chi connectivity index (χ0v) is 8.08. The third-order valence-corrected chi connectivity index (χ3v) is 1.99. The number of ether oxygens (including phenoxy) is 1. The average Bonchev–Trinajstić information content (AvgIpc) is 2.08. The molecule has 0 saturated carbocycles. The number of nitrogens with zero attached hydrogens (tertiary/aromatic N) is 1. The van der Waals surface area contributed by atoms with Crippen LogP contribution in [0.15, 0.2) is 9.27 Å². The smallest absolute Gasteiger partial charge is 0.353 e. The van der Waals surface area contributed by atoms with Crippen LogP contribution in [0.4, 0.5) is 0 Å². The number of hydrogen-bond acceptors (Lipinski definition) is 4. The van der Waals surface area contributed by atoms with Crippen LogP contribution in [0.3, 0.4) is 0 Å². The Morgan fingerprint density at radius 1 is 1.69 bits per heavy atom. The minimum absolute atomic E-state index is 0.0545. The second kappa shape index (κ2) is 3.56. The number of carbonyl (C=O) groups is 1. The molecule has 0 aliphatic rings. The van der Waals surface area contributed by atoms with Crippen molar-refractivity contribution >= 4 is 21.9 Å². The SMILES string of the molecule is COc1nc(=O)[nH]c(C(=O)O)c1Br. The summed E-state index contributed by atoms with van der Waals surface area (Å²) < 4.78 is 4.79. The van der Waals surface area contributed by atoms with Crippen LogP contribution in [-0.2, 0) is 0 Å². The van der Waals surface area contributed by atoms with Crippen LogP contribution in [0.25, 0.3) is 0 Å².